The number of urea groups is 1. The van der Waals surface area contributed by atoms with Gasteiger partial charge in [-0.1, -0.05) is 0 Å². The van der Waals surface area contributed by atoms with Crippen LogP contribution in [0.3, 0.4) is 0 Å². The molecule has 1 aromatic rings. The second kappa shape index (κ2) is 7.63. The highest BCUT2D eigenvalue weighted by Crippen LogP contribution is 2.36. The Hall–Kier alpha value is -2.49. The number of carboxylic acids is 1. The molecule has 2 heterocycles. The van der Waals surface area contributed by atoms with Crippen LogP contribution in [0.4, 0.5) is 29.3 Å². The summed E-state index contributed by atoms with van der Waals surface area (Å²) in [4.78, 5) is 26.7. The zero-order chi connectivity index (χ0) is 19.6. The van der Waals surface area contributed by atoms with Gasteiger partial charge in [-0.25, -0.2) is 4.79 Å². The molecule has 1 aromatic carbocycles. The molecule has 0 aliphatic carbocycles. The summed E-state index contributed by atoms with van der Waals surface area (Å²) < 4.78 is 44.6. The molecule has 2 aliphatic heterocycles. The van der Waals surface area contributed by atoms with Gasteiger partial charge in [0.15, 0.2) is 0 Å². The fourth-order valence-electron chi connectivity index (χ4n) is 3.23. The minimum absolute atomic E-state index is 0.0347. The summed E-state index contributed by atoms with van der Waals surface area (Å²) >= 11 is 0. The standard InChI is InChI=1S/C17H20F3N3O4/c18-17(19,20)12-1-2-14(22-5-7-27-8-6-22)13(9-12)21-16(26)23-4-3-11(10-23)15(24)25/h1-2,9,11H,3-8,10H2,(H,21,26)(H,24,25). The Morgan fingerprint density at radius 3 is 2.48 bits per heavy atom. The molecule has 2 fully saturated rings. The van der Waals surface area contributed by atoms with Crippen molar-refractivity contribution in [3.8, 4) is 0 Å². The summed E-state index contributed by atoms with van der Waals surface area (Å²) in [5.41, 5.74) is -0.330. The SMILES string of the molecule is O=C(O)C1CCN(C(=O)Nc2cc(C(F)(F)F)ccc2N2CCOCC2)C1. The van der Waals surface area contributed by atoms with E-state index in [1.165, 1.54) is 11.0 Å². The molecule has 27 heavy (non-hydrogen) atoms. The number of benzene rings is 1. The number of alkyl halides is 3. The van der Waals surface area contributed by atoms with Crippen molar-refractivity contribution in [2.45, 2.75) is 12.6 Å². The summed E-state index contributed by atoms with van der Waals surface area (Å²) in [6.07, 6.45) is -4.22. The lowest BCUT2D eigenvalue weighted by molar-refractivity contribution is -0.141. The van der Waals surface area contributed by atoms with Crippen molar-refractivity contribution < 1.29 is 32.6 Å². The first-order valence-electron chi connectivity index (χ1n) is 8.58. The molecule has 0 bridgehead atoms. The number of likely N-dealkylation sites (tertiary alicyclic amines) is 1. The minimum Gasteiger partial charge on any atom is -0.481 e. The molecule has 2 N–H and O–H groups in total. The first-order valence-corrected chi connectivity index (χ1v) is 8.58. The van der Waals surface area contributed by atoms with Gasteiger partial charge >= 0.3 is 18.2 Å². The molecule has 2 aliphatic rings. The van der Waals surface area contributed by atoms with E-state index in [9.17, 15) is 22.8 Å². The van der Waals surface area contributed by atoms with E-state index in [-0.39, 0.29) is 18.8 Å². The van der Waals surface area contributed by atoms with Gasteiger partial charge in [-0.2, -0.15) is 13.2 Å². The van der Waals surface area contributed by atoms with Crippen LogP contribution in [-0.4, -0.2) is 61.4 Å². The van der Waals surface area contributed by atoms with Crippen molar-refractivity contribution in [2.75, 3.05) is 49.6 Å². The third-order valence-electron chi connectivity index (χ3n) is 4.74. The third-order valence-corrected chi connectivity index (χ3v) is 4.74. The second-order valence-corrected chi connectivity index (χ2v) is 6.53. The highest BCUT2D eigenvalue weighted by Gasteiger charge is 2.34. The number of carbonyl (C=O) groups excluding carboxylic acids is 1. The van der Waals surface area contributed by atoms with Crippen LogP contribution in [0, 0.1) is 5.92 Å². The summed E-state index contributed by atoms with van der Waals surface area (Å²) in [7, 11) is 0. The summed E-state index contributed by atoms with van der Waals surface area (Å²) in [6, 6.07) is 2.63. The van der Waals surface area contributed by atoms with E-state index in [1.54, 1.807) is 0 Å². The molecular weight excluding hydrogens is 367 g/mol. The molecule has 0 saturated carbocycles. The number of anilines is 2. The Morgan fingerprint density at radius 2 is 1.89 bits per heavy atom. The maximum absolute atomic E-state index is 13.1. The molecular formula is C17H20F3N3O4. The van der Waals surface area contributed by atoms with E-state index < -0.39 is 29.7 Å². The largest absolute Gasteiger partial charge is 0.481 e. The number of halogens is 3. The fourth-order valence-corrected chi connectivity index (χ4v) is 3.23. The Morgan fingerprint density at radius 1 is 1.19 bits per heavy atom. The van der Waals surface area contributed by atoms with Crippen LogP contribution in [0.1, 0.15) is 12.0 Å². The van der Waals surface area contributed by atoms with E-state index in [4.69, 9.17) is 9.84 Å². The van der Waals surface area contributed by atoms with E-state index in [2.05, 4.69) is 5.32 Å². The number of rotatable bonds is 3. The Balaban J connectivity index is 1.82. The molecule has 3 rings (SSSR count). The predicted molar refractivity (Wildman–Crippen MR) is 90.8 cm³/mol. The molecule has 148 valence electrons. The highest BCUT2D eigenvalue weighted by molar-refractivity contribution is 5.94. The molecule has 0 radical (unpaired) electrons. The maximum atomic E-state index is 13.1. The average Bonchev–Trinajstić information content (AvgIpc) is 3.12. The number of nitrogens with one attached hydrogen (secondary N) is 1. The monoisotopic (exact) mass is 387 g/mol. The lowest BCUT2D eigenvalue weighted by Gasteiger charge is -2.31. The lowest BCUT2D eigenvalue weighted by Crippen LogP contribution is -2.38. The van der Waals surface area contributed by atoms with Gasteiger partial charge in [0.2, 0.25) is 0 Å². The highest BCUT2D eigenvalue weighted by atomic mass is 19.4. The van der Waals surface area contributed by atoms with Gasteiger partial charge in [0.25, 0.3) is 0 Å². The molecule has 0 aromatic heterocycles. The number of aliphatic carboxylic acids is 1. The van der Waals surface area contributed by atoms with Crippen molar-refractivity contribution in [3.05, 3.63) is 23.8 Å². The van der Waals surface area contributed by atoms with E-state index >= 15 is 0 Å². The zero-order valence-corrected chi connectivity index (χ0v) is 14.5. The number of hydrogen-bond acceptors (Lipinski definition) is 4. The van der Waals surface area contributed by atoms with Crippen molar-refractivity contribution in [1.29, 1.82) is 0 Å². The van der Waals surface area contributed by atoms with Gasteiger partial charge in [-0.15, -0.1) is 0 Å². The molecule has 2 saturated heterocycles. The number of morpholine rings is 1. The predicted octanol–water partition coefficient (Wildman–Crippen LogP) is 2.48. The van der Waals surface area contributed by atoms with Gasteiger partial charge in [0.1, 0.15) is 0 Å². The number of amides is 2. The average molecular weight is 387 g/mol. The van der Waals surface area contributed by atoms with Crippen molar-refractivity contribution in [2.24, 2.45) is 5.92 Å². The van der Waals surface area contributed by atoms with Crippen LogP contribution in [0.25, 0.3) is 0 Å². The van der Waals surface area contributed by atoms with Gasteiger partial charge in [-0.3, -0.25) is 4.79 Å². The van der Waals surface area contributed by atoms with Gasteiger partial charge in [0, 0.05) is 26.2 Å². The number of ether oxygens (including phenoxy) is 1. The second-order valence-electron chi connectivity index (χ2n) is 6.53. The smallest absolute Gasteiger partial charge is 0.416 e. The van der Waals surface area contributed by atoms with Crippen LogP contribution in [-0.2, 0) is 15.7 Å². The van der Waals surface area contributed by atoms with Crippen molar-refractivity contribution >= 4 is 23.4 Å². The summed E-state index contributed by atoms with van der Waals surface area (Å²) in [6.45, 7) is 2.17. The molecule has 10 heteroatoms. The van der Waals surface area contributed by atoms with Crippen LogP contribution < -0.4 is 10.2 Å². The number of nitrogens with zero attached hydrogens (tertiary/aromatic N) is 2. The number of carboxylic acid groups (broad SMARTS) is 1. The quantitative estimate of drug-likeness (QED) is 0.833. The fraction of sp³-hybridized carbons (Fsp3) is 0.529. The minimum atomic E-state index is -4.54. The van der Waals surface area contributed by atoms with E-state index in [1.807, 2.05) is 4.90 Å². The third kappa shape index (κ3) is 4.44. The Kier molecular flexibility index (Phi) is 5.45. The lowest BCUT2D eigenvalue weighted by atomic mass is 10.1. The molecule has 1 atom stereocenters. The first-order chi connectivity index (χ1) is 12.8. The molecule has 7 nitrogen and oxygen atoms in total. The maximum Gasteiger partial charge on any atom is 0.416 e. The van der Waals surface area contributed by atoms with Crippen LogP contribution in [0.15, 0.2) is 18.2 Å². The van der Waals surface area contributed by atoms with Gasteiger partial charge in [-0.05, 0) is 24.6 Å². The van der Waals surface area contributed by atoms with Crippen molar-refractivity contribution in [3.63, 3.8) is 0 Å². The van der Waals surface area contributed by atoms with Crippen molar-refractivity contribution in [1.82, 2.24) is 4.90 Å². The molecule has 0 spiro atoms. The number of hydrogen-bond donors (Lipinski definition) is 2. The molecule has 1 unspecified atom stereocenters. The Labute approximate surface area is 153 Å². The first kappa shape index (κ1) is 19.3. The van der Waals surface area contributed by atoms with Crippen LogP contribution >= 0.6 is 0 Å². The van der Waals surface area contributed by atoms with Gasteiger partial charge < -0.3 is 25.0 Å². The summed E-state index contributed by atoms with van der Waals surface area (Å²) in [5, 5.41) is 11.6. The normalized spacial score (nSPS) is 20.6. The topological polar surface area (TPSA) is 82.1 Å². The number of carbonyl (C=O) groups is 2. The van der Waals surface area contributed by atoms with Gasteiger partial charge in [0.05, 0.1) is 36.1 Å². The van der Waals surface area contributed by atoms with E-state index in [0.29, 0.717) is 38.4 Å². The van der Waals surface area contributed by atoms with Crippen LogP contribution in [0.2, 0.25) is 0 Å². The van der Waals surface area contributed by atoms with E-state index in [0.717, 1.165) is 12.1 Å². The molecule has 2 amide bonds. The zero-order valence-electron chi connectivity index (χ0n) is 14.5. The summed E-state index contributed by atoms with van der Waals surface area (Å²) in [5.74, 6) is -1.64. The van der Waals surface area contributed by atoms with Crippen LogP contribution in [0.5, 0.6) is 0 Å². The Bertz CT molecular complexity index is 720.